The van der Waals surface area contributed by atoms with Crippen LogP contribution >= 0.6 is 11.8 Å². The number of oxazole rings is 1. The summed E-state index contributed by atoms with van der Waals surface area (Å²) in [5, 5.41) is 12.0. The van der Waals surface area contributed by atoms with Gasteiger partial charge in [-0.15, -0.1) is 0 Å². The average Bonchev–Trinajstić information content (AvgIpc) is 2.97. The van der Waals surface area contributed by atoms with Crippen molar-refractivity contribution >= 4 is 17.7 Å². The third-order valence-corrected chi connectivity index (χ3v) is 4.58. The van der Waals surface area contributed by atoms with Crippen LogP contribution in [0.25, 0.3) is 11.5 Å². The highest BCUT2D eigenvalue weighted by molar-refractivity contribution is 7.99. The van der Waals surface area contributed by atoms with E-state index in [9.17, 15) is 14.3 Å². The van der Waals surface area contributed by atoms with Crippen molar-refractivity contribution in [1.29, 1.82) is 0 Å². The predicted octanol–water partition coefficient (Wildman–Crippen LogP) is 2.25. The predicted molar refractivity (Wildman–Crippen MR) is 87.6 cm³/mol. The third kappa shape index (κ3) is 4.80. The van der Waals surface area contributed by atoms with Crippen molar-refractivity contribution in [3.63, 3.8) is 0 Å². The summed E-state index contributed by atoms with van der Waals surface area (Å²) in [6.07, 6.45) is 3.39. The van der Waals surface area contributed by atoms with E-state index in [0.717, 1.165) is 0 Å². The number of amides is 1. The van der Waals surface area contributed by atoms with Crippen LogP contribution in [0, 0.1) is 5.82 Å². The van der Waals surface area contributed by atoms with Crippen LogP contribution in [-0.4, -0.2) is 40.2 Å². The fourth-order valence-electron chi connectivity index (χ4n) is 2.11. The second kappa shape index (κ2) is 8.12. The van der Waals surface area contributed by atoms with E-state index in [0.29, 0.717) is 17.1 Å². The van der Waals surface area contributed by atoms with Gasteiger partial charge in [-0.1, -0.05) is 0 Å². The Balaban J connectivity index is 1.96. The highest BCUT2D eigenvalue weighted by Gasteiger charge is 2.18. The Kier molecular flexibility index (Phi) is 6.18. The molecule has 1 aromatic carbocycles. The van der Waals surface area contributed by atoms with Gasteiger partial charge in [0.25, 0.3) is 0 Å². The van der Waals surface area contributed by atoms with E-state index in [2.05, 4.69) is 10.3 Å². The number of hydrogen-bond acceptors (Lipinski definition) is 5. The van der Waals surface area contributed by atoms with Crippen LogP contribution < -0.4 is 5.32 Å². The van der Waals surface area contributed by atoms with E-state index in [1.165, 1.54) is 30.2 Å². The monoisotopic (exact) mass is 338 g/mol. The second-order valence-electron chi connectivity index (χ2n) is 5.14. The number of benzene rings is 1. The lowest BCUT2D eigenvalue weighted by molar-refractivity contribution is -0.121. The summed E-state index contributed by atoms with van der Waals surface area (Å²) in [7, 11) is 0. The zero-order valence-electron chi connectivity index (χ0n) is 13.0. The van der Waals surface area contributed by atoms with E-state index in [4.69, 9.17) is 4.42 Å². The van der Waals surface area contributed by atoms with Crippen molar-refractivity contribution < 1.29 is 18.7 Å². The molecule has 2 unspecified atom stereocenters. The van der Waals surface area contributed by atoms with Gasteiger partial charge >= 0.3 is 0 Å². The summed E-state index contributed by atoms with van der Waals surface area (Å²) in [6.45, 7) is 1.85. The summed E-state index contributed by atoms with van der Waals surface area (Å²) >= 11 is 1.50. The number of carbonyl (C=O) groups excluding carboxylic acids is 1. The number of nitrogens with zero attached hydrogens (tertiary/aromatic N) is 1. The first-order valence-corrected chi connectivity index (χ1v) is 8.45. The highest BCUT2D eigenvalue weighted by atomic mass is 32.2. The van der Waals surface area contributed by atoms with Gasteiger partial charge in [0.1, 0.15) is 12.1 Å². The number of hydrogen-bond donors (Lipinski definition) is 2. The largest absolute Gasteiger partial charge is 0.444 e. The molecule has 2 atom stereocenters. The Labute approximate surface area is 138 Å². The smallest absolute Gasteiger partial charge is 0.226 e. The number of aromatic nitrogens is 1. The molecule has 0 aliphatic carbocycles. The number of nitrogens with one attached hydrogen (secondary N) is 1. The number of halogens is 1. The van der Waals surface area contributed by atoms with Crippen molar-refractivity contribution in [3.8, 4) is 11.5 Å². The SMILES string of the molecule is CSC(CO)C(C)NC(=O)Cc1coc(-c2ccc(F)cc2)n1. The summed E-state index contributed by atoms with van der Waals surface area (Å²) in [5.74, 6) is -0.178. The molecule has 23 heavy (non-hydrogen) atoms. The molecule has 0 saturated heterocycles. The lowest BCUT2D eigenvalue weighted by atomic mass is 10.2. The van der Waals surface area contributed by atoms with Gasteiger partial charge in [0.15, 0.2) is 0 Å². The summed E-state index contributed by atoms with van der Waals surface area (Å²) in [6, 6.07) is 5.64. The minimum absolute atomic E-state index is 0.00128. The van der Waals surface area contributed by atoms with Gasteiger partial charge < -0.3 is 14.8 Å². The maximum absolute atomic E-state index is 12.9. The van der Waals surface area contributed by atoms with E-state index in [-0.39, 0.29) is 36.0 Å². The number of aliphatic hydroxyl groups excluding tert-OH is 1. The normalized spacial score (nSPS) is 13.6. The van der Waals surface area contributed by atoms with Crippen LogP contribution in [-0.2, 0) is 11.2 Å². The third-order valence-electron chi connectivity index (χ3n) is 3.41. The molecule has 0 fully saturated rings. The Hall–Kier alpha value is -1.86. The minimum Gasteiger partial charge on any atom is -0.444 e. The van der Waals surface area contributed by atoms with Gasteiger partial charge in [-0.2, -0.15) is 11.8 Å². The standard InChI is InChI=1S/C16H19FN2O3S/c1-10(14(8-20)23-2)18-15(21)7-13-9-22-16(19-13)11-3-5-12(17)6-4-11/h3-6,9-10,14,20H,7-8H2,1-2H3,(H,18,21). The molecule has 0 aliphatic heterocycles. The van der Waals surface area contributed by atoms with Crippen molar-refractivity contribution in [3.05, 3.63) is 42.0 Å². The summed E-state index contributed by atoms with van der Waals surface area (Å²) in [4.78, 5) is 16.3. The Morgan fingerprint density at radius 2 is 2.13 bits per heavy atom. The molecule has 2 aromatic rings. The van der Waals surface area contributed by atoms with E-state index < -0.39 is 0 Å². The maximum atomic E-state index is 12.9. The quantitative estimate of drug-likeness (QED) is 0.810. The highest BCUT2D eigenvalue weighted by Crippen LogP contribution is 2.19. The minimum atomic E-state index is -0.332. The molecule has 0 radical (unpaired) electrons. The van der Waals surface area contributed by atoms with E-state index in [1.54, 1.807) is 12.1 Å². The van der Waals surface area contributed by atoms with Crippen LogP contribution in [0.15, 0.2) is 34.9 Å². The van der Waals surface area contributed by atoms with Gasteiger partial charge in [0.05, 0.1) is 18.7 Å². The van der Waals surface area contributed by atoms with Gasteiger partial charge in [-0.3, -0.25) is 4.79 Å². The molecule has 1 amide bonds. The second-order valence-corrected chi connectivity index (χ2v) is 6.22. The van der Waals surface area contributed by atoms with Gasteiger partial charge in [-0.25, -0.2) is 9.37 Å². The molecule has 0 aliphatic rings. The van der Waals surface area contributed by atoms with Crippen LogP contribution in [0.1, 0.15) is 12.6 Å². The lowest BCUT2D eigenvalue weighted by Gasteiger charge is -2.20. The molecule has 2 N–H and O–H groups in total. The fourth-order valence-corrected chi connectivity index (χ4v) is 2.74. The molecule has 1 aromatic heterocycles. The Morgan fingerprint density at radius 1 is 1.43 bits per heavy atom. The molecular weight excluding hydrogens is 319 g/mol. The van der Waals surface area contributed by atoms with Crippen LogP contribution in [0.4, 0.5) is 4.39 Å². The zero-order valence-corrected chi connectivity index (χ0v) is 13.8. The molecule has 1 heterocycles. The van der Waals surface area contributed by atoms with Gasteiger partial charge in [0, 0.05) is 16.9 Å². The molecular formula is C16H19FN2O3S. The summed E-state index contributed by atoms with van der Waals surface area (Å²) in [5.41, 5.74) is 1.15. The first kappa shape index (κ1) is 17.5. The Bertz CT molecular complexity index is 641. The van der Waals surface area contributed by atoms with E-state index >= 15 is 0 Å². The number of carbonyl (C=O) groups is 1. The lowest BCUT2D eigenvalue weighted by Crippen LogP contribution is -2.41. The maximum Gasteiger partial charge on any atom is 0.226 e. The first-order chi connectivity index (χ1) is 11.0. The van der Waals surface area contributed by atoms with Gasteiger partial charge in [-0.05, 0) is 37.4 Å². The molecule has 5 nitrogen and oxygen atoms in total. The zero-order chi connectivity index (χ0) is 16.8. The topological polar surface area (TPSA) is 75.4 Å². The van der Waals surface area contributed by atoms with Crippen molar-refractivity contribution in [2.75, 3.05) is 12.9 Å². The van der Waals surface area contributed by atoms with Crippen LogP contribution in [0.5, 0.6) is 0 Å². The summed E-state index contributed by atoms with van der Waals surface area (Å²) < 4.78 is 18.2. The van der Waals surface area contributed by atoms with Crippen molar-refractivity contribution in [2.24, 2.45) is 0 Å². The molecule has 2 rings (SSSR count). The van der Waals surface area contributed by atoms with Crippen LogP contribution in [0.3, 0.4) is 0 Å². The number of rotatable bonds is 7. The van der Waals surface area contributed by atoms with Crippen LogP contribution in [0.2, 0.25) is 0 Å². The van der Waals surface area contributed by atoms with E-state index in [1.807, 2.05) is 13.2 Å². The average molecular weight is 338 g/mol. The first-order valence-electron chi connectivity index (χ1n) is 7.17. The fraction of sp³-hybridized carbons (Fsp3) is 0.375. The number of aliphatic hydroxyl groups is 1. The molecule has 124 valence electrons. The molecule has 0 bridgehead atoms. The molecule has 7 heteroatoms. The molecule has 0 spiro atoms. The van der Waals surface area contributed by atoms with Crippen molar-refractivity contribution in [1.82, 2.24) is 10.3 Å². The van der Waals surface area contributed by atoms with Gasteiger partial charge in [0.2, 0.25) is 11.8 Å². The Morgan fingerprint density at radius 3 is 2.74 bits per heavy atom. The number of thioether (sulfide) groups is 1. The van der Waals surface area contributed by atoms with Crippen molar-refractivity contribution in [2.45, 2.75) is 24.6 Å². The molecule has 0 saturated carbocycles.